The first-order valence-electron chi connectivity index (χ1n) is 4.86. The van der Waals surface area contributed by atoms with E-state index in [-0.39, 0.29) is 5.82 Å². The quantitative estimate of drug-likeness (QED) is 0.892. The highest BCUT2D eigenvalue weighted by atomic mass is 35.5. The summed E-state index contributed by atoms with van der Waals surface area (Å²) in [5.74, 6) is -0.328. The van der Waals surface area contributed by atoms with Crippen LogP contribution in [0.2, 0.25) is 5.02 Å². The van der Waals surface area contributed by atoms with Gasteiger partial charge in [0.15, 0.2) is 0 Å². The molecule has 2 rings (SSSR count). The third-order valence-electron chi connectivity index (χ3n) is 2.38. The molecule has 0 saturated heterocycles. The Morgan fingerprint density at radius 2 is 2.19 bits per heavy atom. The van der Waals surface area contributed by atoms with Crippen molar-refractivity contribution in [1.82, 2.24) is 9.78 Å². The second kappa shape index (κ2) is 4.63. The van der Waals surface area contributed by atoms with Crippen LogP contribution < -0.4 is 5.73 Å². The number of nitrogens with two attached hydrogens (primary N) is 1. The number of hydrogen-bond donors (Lipinski definition) is 1. The highest BCUT2D eigenvalue weighted by Gasteiger charge is 2.09. The average Bonchev–Trinajstić information content (AvgIpc) is 2.71. The Labute approximate surface area is 97.6 Å². The van der Waals surface area contributed by atoms with Crippen molar-refractivity contribution in [3.8, 4) is 0 Å². The molecular formula is C11H11ClFN3. The molecule has 0 radical (unpaired) electrons. The number of halogens is 2. The summed E-state index contributed by atoms with van der Waals surface area (Å²) in [5, 5.41) is 4.48. The summed E-state index contributed by atoms with van der Waals surface area (Å²) in [6.45, 7) is 0.664. The van der Waals surface area contributed by atoms with Gasteiger partial charge in [0.1, 0.15) is 5.82 Å². The summed E-state index contributed by atoms with van der Waals surface area (Å²) < 4.78 is 15.2. The van der Waals surface area contributed by atoms with E-state index in [0.717, 1.165) is 5.69 Å². The van der Waals surface area contributed by atoms with Crippen molar-refractivity contribution in [2.24, 2.45) is 5.73 Å². The second-order valence-corrected chi connectivity index (χ2v) is 3.79. The SMILES string of the molecule is NCc1ccnn1Cc1c(F)cccc1Cl. The molecule has 16 heavy (non-hydrogen) atoms. The fourth-order valence-electron chi connectivity index (χ4n) is 1.51. The monoisotopic (exact) mass is 239 g/mol. The lowest BCUT2D eigenvalue weighted by Crippen LogP contribution is -2.11. The van der Waals surface area contributed by atoms with Crippen LogP contribution in [-0.2, 0) is 13.1 Å². The van der Waals surface area contributed by atoms with E-state index in [9.17, 15) is 4.39 Å². The zero-order valence-electron chi connectivity index (χ0n) is 8.53. The van der Waals surface area contributed by atoms with Gasteiger partial charge in [0.05, 0.1) is 12.2 Å². The Morgan fingerprint density at radius 1 is 1.38 bits per heavy atom. The predicted molar refractivity (Wildman–Crippen MR) is 60.6 cm³/mol. The standard InChI is InChI=1S/C11H11ClFN3/c12-10-2-1-3-11(13)9(10)7-16-8(6-14)4-5-15-16/h1-5H,6-7,14H2. The van der Waals surface area contributed by atoms with Crippen LogP contribution in [0.25, 0.3) is 0 Å². The zero-order chi connectivity index (χ0) is 11.5. The summed E-state index contributed by atoms with van der Waals surface area (Å²) in [5.41, 5.74) is 6.82. The molecule has 0 atom stereocenters. The van der Waals surface area contributed by atoms with Gasteiger partial charge < -0.3 is 5.73 Å². The van der Waals surface area contributed by atoms with Crippen molar-refractivity contribution in [1.29, 1.82) is 0 Å². The second-order valence-electron chi connectivity index (χ2n) is 3.38. The fourth-order valence-corrected chi connectivity index (χ4v) is 1.73. The van der Waals surface area contributed by atoms with Crippen molar-refractivity contribution in [3.63, 3.8) is 0 Å². The van der Waals surface area contributed by atoms with E-state index in [1.165, 1.54) is 6.07 Å². The summed E-state index contributed by atoms with van der Waals surface area (Å²) >= 11 is 5.93. The van der Waals surface area contributed by atoms with Crippen LogP contribution >= 0.6 is 11.6 Å². The molecule has 2 aromatic rings. The van der Waals surface area contributed by atoms with Crippen molar-refractivity contribution >= 4 is 11.6 Å². The lowest BCUT2D eigenvalue weighted by atomic mass is 10.2. The predicted octanol–water partition coefficient (Wildman–Crippen LogP) is 2.18. The Morgan fingerprint density at radius 3 is 2.88 bits per heavy atom. The van der Waals surface area contributed by atoms with E-state index in [2.05, 4.69) is 5.10 Å². The largest absolute Gasteiger partial charge is 0.325 e. The summed E-state index contributed by atoms with van der Waals surface area (Å²) in [4.78, 5) is 0. The van der Waals surface area contributed by atoms with E-state index >= 15 is 0 Å². The molecule has 1 heterocycles. The topological polar surface area (TPSA) is 43.8 Å². The number of hydrogen-bond acceptors (Lipinski definition) is 2. The van der Waals surface area contributed by atoms with E-state index in [1.807, 2.05) is 0 Å². The van der Waals surface area contributed by atoms with Gasteiger partial charge in [-0.1, -0.05) is 17.7 Å². The van der Waals surface area contributed by atoms with E-state index in [4.69, 9.17) is 17.3 Å². The number of benzene rings is 1. The van der Waals surface area contributed by atoms with Crippen molar-refractivity contribution in [2.45, 2.75) is 13.1 Å². The minimum absolute atomic E-state index is 0.297. The lowest BCUT2D eigenvalue weighted by molar-refractivity contribution is 0.575. The molecule has 0 fully saturated rings. The van der Waals surface area contributed by atoms with E-state index < -0.39 is 0 Å². The van der Waals surface area contributed by atoms with Crippen molar-refractivity contribution < 1.29 is 4.39 Å². The molecule has 0 unspecified atom stereocenters. The maximum absolute atomic E-state index is 13.5. The molecule has 2 N–H and O–H groups in total. The van der Waals surface area contributed by atoms with Gasteiger partial charge in [-0.2, -0.15) is 5.10 Å². The molecule has 1 aromatic heterocycles. The molecule has 0 amide bonds. The molecule has 1 aromatic carbocycles. The minimum atomic E-state index is -0.328. The molecular weight excluding hydrogens is 229 g/mol. The van der Waals surface area contributed by atoms with Gasteiger partial charge in [-0.25, -0.2) is 4.39 Å². The highest BCUT2D eigenvalue weighted by Crippen LogP contribution is 2.20. The third kappa shape index (κ3) is 2.08. The fraction of sp³-hybridized carbons (Fsp3) is 0.182. The first kappa shape index (κ1) is 11.1. The van der Waals surface area contributed by atoms with Gasteiger partial charge in [0.25, 0.3) is 0 Å². The van der Waals surface area contributed by atoms with Gasteiger partial charge in [-0.3, -0.25) is 4.68 Å². The minimum Gasteiger partial charge on any atom is -0.325 e. The third-order valence-corrected chi connectivity index (χ3v) is 2.74. The maximum Gasteiger partial charge on any atom is 0.129 e. The average molecular weight is 240 g/mol. The van der Waals surface area contributed by atoms with Gasteiger partial charge in [0.2, 0.25) is 0 Å². The van der Waals surface area contributed by atoms with Gasteiger partial charge in [0, 0.05) is 23.3 Å². The molecule has 5 heteroatoms. The normalized spacial score (nSPS) is 10.7. The molecule has 0 aliphatic rings. The molecule has 0 bridgehead atoms. The van der Waals surface area contributed by atoms with Crippen LogP contribution in [0.15, 0.2) is 30.5 Å². The van der Waals surface area contributed by atoms with Gasteiger partial charge in [-0.05, 0) is 18.2 Å². The first-order chi connectivity index (χ1) is 7.72. The zero-order valence-corrected chi connectivity index (χ0v) is 9.28. The number of aromatic nitrogens is 2. The van der Waals surface area contributed by atoms with Crippen molar-refractivity contribution in [2.75, 3.05) is 0 Å². The van der Waals surface area contributed by atoms with Crippen LogP contribution in [0, 0.1) is 5.82 Å². The van der Waals surface area contributed by atoms with Crippen LogP contribution in [0.1, 0.15) is 11.3 Å². The smallest absolute Gasteiger partial charge is 0.129 e. The molecule has 3 nitrogen and oxygen atoms in total. The Bertz CT molecular complexity index is 475. The lowest BCUT2D eigenvalue weighted by Gasteiger charge is -2.08. The van der Waals surface area contributed by atoms with E-state index in [1.54, 1.807) is 29.1 Å². The van der Waals surface area contributed by atoms with Crippen LogP contribution in [0.4, 0.5) is 4.39 Å². The number of nitrogens with zero attached hydrogens (tertiary/aromatic N) is 2. The Kier molecular flexibility index (Phi) is 3.22. The molecule has 0 spiro atoms. The van der Waals surface area contributed by atoms with E-state index in [0.29, 0.717) is 23.7 Å². The molecule has 84 valence electrons. The first-order valence-corrected chi connectivity index (χ1v) is 5.24. The molecule has 0 aliphatic carbocycles. The van der Waals surface area contributed by atoms with Gasteiger partial charge in [-0.15, -0.1) is 0 Å². The maximum atomic E-state index is 13.5. The highest BCUT2D eigenvalue weighted by molar-refractivity contribution is 6.31. The van der Waals surface area contributed by atoms with Crippen LogP contribution in [-0.4, -0.2) is 9.78 Å². The van der Waals surface area contributed by atoms with Gasteiger partial charge >= 0.3 is 0 Å². The molecule has 0 saturated carbocycles. The van der Waals surface area contributed by atoms with Crippen molar-refractivity contribution in [3.05, 3.63) is 52.6 Å². The Balaban J connectivity index is 2.34. The van der Waals surface area contributed by atoms with Crippen LogP contribution in [0.5, 0.6) is 0 Å². The summed E-state index contributed by atoms with van der Waals surface area (Å²) in [6.07, 6.45) is 1.64. The molecule has 0 aliphatic heterocycles. The number of rotatable bonds is 3. The summed E-state index contributed by atoms with van der Waals surface area (Å²) in [7, 11) is 0. The summed E-state index contributed by atoms with van der Waals surface area (Å²) in [6, 6.07) is 6.42. The van der Waals surface area contributed by atoms with Crippen LogP contribution in [0.3, 0.4) is 0 Å². The Hall–Kier alpha value is -1.39.